The Morgan fingerprint density at radius 1 is 1.22 bits per heavy atom. The highest BCUT2D eigenvalue weighted by Crippen LogP contribution is 2.27. The lowest BCUT2D eigenvalue weighted by molar-refractivity contribution is -0.151. The molecular weight excluding hydrogens is 436 g/mol. The number of para-hydroxylation sites is 1. The zero-order valence-corrected chi connectivity index (χ0v) is 16.5. The van der Waals surface area contributed by atoms with Gasteiger partial charge in [-0.2, -0.15) is 0 Å². The van der Waals surface area contributed by atoms with Crippen LogP contribution in [-0.4, -0.2) is 30.9 Å². The molecule has 1 saturated heterocycles. The minimum Gasteiger partial charge on any atom is -0.455 e. The molecule has 0 radical (unpaired) electrons. The first-order valence-electron chi connectivity index (χ1n) is 8.21. The van der Waals surface area contributed by atoms with Crippen molar-refractivity contribution in [1.82, 2.24) is 0 Å². The fraction of sp³-hybridized carbons (Fsp3) is 0.211. The Morgan fingerprint density at radius 3 is 2.67 bits per heavy atom. The highest BCUT2D eigenvalue weighted by molar-refractivity contribution is 9.10. The van der Waals surface area contributed by atoms with Crippen LogP contribution in [0.5, 0.6) is 0 Å². The molecule has 140 valence electrons. The highest BCUT2D eigenvalue weighted by Gasteiger charge is 2.36. The SMILES string of the molecule is O=C(COC(=O)[C@@H]1CC(=O)N(c2ccccc2)C1)Nc1ccc(Br)cc1Cl. The lowest BCUT2D eigenvalue weighted by Crippen LogP contribution is -2.28. The Morgan fingerprint density at radius 2 is 1.96 bits per heavy atom. The van der Waals surface area contributed by atoms with Crippen LogP contribution in [0.15, 0.2) is 53.0 Å². The monoisotopic (exact) mass is 450 g/mol. The predicted octanol–water partition coefficient (Wildman–Crippen LogP) is 3.64. The Bertz CT molecular complexity index is 875. The van der Waals surface area contributed by atoms with Crippen LogP contribution >= 0.6 is 27.5 Å². The summed E-state index contributed by atoms with van der Waals surface area (Å²) in [7, 11) is 0. The maximum Gasteiger partial charge on any atom is 0.311 e. The molecule has 0 saturated carbocycles. The van der Waals surface area contributed by atoms with Gasteiger partial charge < -0.3 is 15.0 Å². The highest BCUT2D eigenvalue weighted by atomic mass is 79.9. The van der Waals surface area contributed by atoms with Gasteiger partial charge >= 0.3 is 5.97 Å². The standard InChI is InChI=1S/C19H16BrClN2O4/c20-13-6-7-16(15(21)9-13)22-17(24)11-27-19(26)12-8-18(25)23(10-12)14-4-2-1-3-5-14/h1-7,9,12H,8,10-11H2,(H,22,24)/t12-/m1/s1. The van der Waals surface area contributed by atoms with Crippen molar-refractivity contribution in [2.45, 2.75) is 6.42 Å². The van der Waals surface area contributed by atoms with Crippen LogP contribution in [0.2, 0.25) is 5.02 Å². The van der Waals surface area contributed by atoms with Crippen LogP contribution in [0.4, 0.5) is 11.4 Å². The normalized spacial score (nSPS) is 16.3. The Kier molecular flexibility index (Phi) is 6.13. The molecule has 1 N–H and O–H groups in total. The summed E-state index contributed by atoms with van der Waals surface area (Å²) in [6.45, 7) is -0.205. The largest absolute Gasteiger partial charge is 0.455 e. The van der Waals surface area contributed by atoms with E-state index in [1.807, 2.05) is 18.2 Å². The van der Waals surface area contributed by atoms with Gasteiger partial charge in [-0.15, -0.1) is 0 Å². The minimum absolute atomic E-state index is 0.0634. The van der Waals surface area contributed by atoms with Crippen LogP contribution < -0.4 is 10.2 Å². The zero-order valence-electron chi connectivity index (χ0n) is 14.2. The third-order valence-electron chi connectivity index (χ3n) is 4.08. The minimum atomic E-state index is -0.596. The molecule has 0 aliphatic carbocycles. The van der Waals surface area contributed by atoms with Crippen LogP contribution in [0.3, 0.4) is 0 Å². The average Bonchev–Trinajstić information content (AvgIpc) is 3.04. The molecule has 8 heteroatoms. The molecule has 1 fully saturated rings. The number of hydrogen-bond acceptors (Lipinski definition) is 4. The fourth-order valence-electron chi connectivity index (χ4n) is 2.75. The van der Waals surface area contributed by atoms with Gasteiger partial charge in [0, 0.05) is 23.1 Å². The van der Waals surface area contributed by atoms with Gasteiger partial charge in [-0.05, 0) is 30.3 Å². The molecule has 0 unspecified atom stereocenters. The van der Waals surface area contributed by atoms with Crippen molar-refractivity contribution >= 4 is 56.7 Å². The van der Waals surface area contributed by atoms with E-state index in [0.717, 1.165) is 10.2 Å². The van der Waals surface area contributed by atoms with Gasteiger partial charge in [0.25, 0.3) is 5.91 Å². The molecule has 2 amide bonds. The zero-order chi connectivity index (χ0) is 19.4. The molecule has 2 aromatic carbocycles. The number of nitrogens with one attached hydrogen (secondary N) is 1. The summed E-state index contributed by atoms with van der Waals surface area (Å²) in [5.41, 5.74) is 1.16. The molecule has 1 aliphatic rings. The van der Waals surface area contributed by atoms with Gasteiger partial charge in [0.1, 0.15) is 0 Å². The topological polar surface area (TPSA) is 75.7 Å². The second kappa shape index (κ2) is 8.54. The smallest absolute Gasteiger partial charge is 0.311 e. The first-order chi connectivity index (χ1) is 12.9. The molecule has 27 heavy (non-hydrogen) atoms. The first-order valence-corrected chi connectivity index (χ1v) is 9.38. The van der Waals surface area contributed by atoms with Gasteiger partial charge in [-0.1, -0.05) is 45.7 Å². The summed E-state index contributed by atoms with van der Waals surface area (Å²) in [6.07, 6.45) is 0.0634. The number of anilines is 2. The van der Waals surface area contributed by atoms with E-state index in [1.54, 1.807) is 35.2 Å². The lowest BCUT2D eigenvalue weighted by atomic mass is 10.1. The maximum absolute atomic E-state index is 12.2. The molecule has 0 bridgehead atoms. The first kappa shape index (κ1) is 19.4. The van der Waals surface area contributed by atoms with E-state index < -0.39 is 24.4 Å². The number of amides is 2. The number of carbonyl (C=O) groups excluding carboxylic acids is 3. The number of ether oxygens (including phenoxy) is 1. The number of carbonyl (C=O) groups is 3. The van der Waals surface area contributed by atoms with Gasteiger partial charge in [0.15, 0.2) is 6.61 Å². The maximum atomic E-state index is 12.2. The molecular formula is C19H16BrClN2O4. The van der Waals surface area contributed by atoms with Crippen LogP contribution in [0.1, 0.15) is 6.42 Å². The summed E-state index contributed by atoms with van der Waals surface area (Å²) >= 11 is 9.31. The second-order valence-electron chi connectivity index (χ2n) is 6.02. The Balaban J connectivity index is 1.52. The van der Waals surface area contributed by atoms with Crippen LogP contribution in [0.25, 0.3) is 0 Å². The van der Waals surface area contributed by atoms with Gasteiger partial charge in [-0.25, -0.2) is 0 Å². The van der Waals surface area contributed by atoms with Crippen molar-refractivity contribution in [2.24, 2.45) is 5.92 Å². The van der Waals surface area contributed by atoms with Crippen molar-refractivity contribution in [3.63, 3.8) is 0 Å². The third-order valence-corrected chi connectivity index (χ3v) is 4.88. The number of halogens is 2. The van der Waals surface area contributed by atoms with Crippen molar-refractivity contribution < 1.29 is 19.1 Å². The molecule has 1 aliphatic heterocycles. The molecule has 1 atom stereocenters. The number of rotatable bonds is 5. The van der Waals surface area contributed by atoms with Crippen LogP contribution in [-0.2, 0) is 19.1 Å². The van der Waals surface area contributed by atoms with Gasteiger partial charge in [0.2, 0.25) is 5.91 Å². The lowest BCUT2D eigenvalue weighted by Gasteiger charge is -2.16. The van der Waals surface area contributed by atoms with Crippen molar-refractivity contribution in [2.75, 3.05) is 23.4 Å². The summed E-state index contributed by atoms with van der Waals surface area (Å²) in [5.74, 6) is -1.81. The molecule has 1 heterocycles. The van der Waals surface area contributed by atoms with Gasteiger partial charge in [-0.3, -0.25) is 14.4 Å². The summed E-state index contributed by atoms with van der Waals surface area (Å²) in [5, 5.41) is 2.95. The van der Waals surface area contributed by atoms with Crippen molar-refractivity contribution in [3.05, 3.63) is 58.0 Å². The molecule has 3 rings (SSSR count). The van der Waals surface area contributed by atoms with E-state index in [1.165, 1.54) is 0 Å². The van der Waals surface area contributed by atoms with E-state index in [9.17, 15) is 14.4 Å². The summed E-state index contributed by atoms with van der Waals surface area (Å²) in [6, 6.07) is 14.1. The van der Waals surface area contributed by atoms with E-state index in [2.05, 4.69) is 21.2 Å². The number of esters is 1. The number of hydrogen-bond donors (Lipinski definition) is 1. The van der Waals surface area contributed by atoms with E-state index in [0.29, 0.717) is 10.7 Å². The van der Waals surface area contributed by atoms with E-state index in [4.69, 9.17) is 16.3 Å². The van der Waals surface area contributed by atoms with E-state index >= 15 is 0 Å². The van der Waals surface area contributed by atoms with Crippen molar-refractivity contribution in [1.29, 1.82) is 0 Å². The Labute approximate surface area is 169 Å². The predicted molar refractivity (Wildman–Crippen MR) is 106 cm³/mol. The molecule has 2 aromatic rings. The van der Waals surface area contributed by atoms with Gasteiger partial charge in [0.05, 0.1) is 16.6 Å². The number of benzene rings is 2. The van der Waals surface area contributed by atoms with E-state index in [-0.39, 0.29) is 18.9 Å². The van der Waals surface area contributed by atoms with Crippen LogP contribution in [0, 0.1) is 5.92 Å². The second-order valence-corrected chi connectivity index (χ2v) is 7.34. The fourth-order valence-corrected chi connectivity index (χ4v) is 3.48. The molecule has 6 nitrogen and oxygen atoms in total. The number of nitrogens with zero attached hydrogens (tertiary/aromatic N) is 1. The molecule has 0 aromatic heterocycles. The van der Waals surface area contributed by atoms with Crippen molar-refractivity contribution in [3.8, 4) is 0 Å². The molecule has 0 spiro atoms. The Hall–Kier alpha value is -2.38. The average molecular weight is 452 g/mol. The summed E-state index contributed by atoms with van der Waals surface area (Å²) in [4.78, 5) is 37.9. The summed E-state index contributed by atoms with van der Waals surface area (Å²) < 4.78 is 5.86. The third kappa shape index (κ3) is 4.87. The quantitative estimate of drug-likeness (QED) is 0.704.